The zero-order valence-corrected chi connectivity index (χ0v) is 18.8. The van der Waals surface area contributed by atoms with E-state index < -0.39 is 0 Å². The molecule has 0 unspecified atom stereocenters. The van der Waals surface area contributed by atoms with Gasteiger partial charge < -0.3 is 10.6 Å². The molecule has 0 atom stereocenters. The number of hydrogen-bond acceptors (Lipinski definition) is 2. The third-order valence-electron chi connectivity index (χ3n) is 4.14. The van der Waals surface area contributed by atoms with E-state index in [4.69, 9.17) is 0 Å². The molecule has 0 aliphatic carbocycles. The summed E-state index contributed by atoms with van der Waals surface area (Å²) in [6, 6.07) is 28.5. The van der Waals surface area contributed by atoms with Crippen molar-refractivity contribution in [2.24, 2.45) is 9.98 Å². The van der Waals surface area contributed by atoms with E-state index in [0.717, 1.165) is 47.3 Å². The summed E-state index contributed by atoms with van der Waals surface area (Å²) in [5, 5.41) is 6.83. The highest BCUT2D eigenvalue weighted by molar-refractivity contribution is 6.11. The summed E-state index contributed by atoms with van der Waals surface area (Å²) in [6.07, 6.45) is 0. The molecule has 0 spiro atoms. The SMILES string of the molecule is CCN=C(Nc1ccccc1)c1ccc(C(=NCC)Nc2ccccc2)cc1.Cl.Cl. The maximum absolute atomic E-state index is 4.63. The van der Waals surface area contributed by atoms with Gasteiger partial charge in [-0.2, -0.15) is 0 Å². The number of anilines is 2. The molecule has 0 saturated heterocycles. The summed E-state index contributed by atoms with van der Waals surface area (Å²) >= 11 is 0. The zero-order chi connectivity index (χ0) is 19.6. The van der Waals surface area contributed by atoms with Gasteiger partial charge in [0.1, 0.15) is 11.7 Å². The molecule has 0 fully saturated rings. The van der Waals surface area contributed by atoms with Gasteiger partial charge in [0.2, 0.25) is 0 Å². The Kier molecular flexibility index (Phi) is 11.3. The van der Waals surface area contributed by atoms with Crippen LogP contribution in [0.15, 0.2) is 94.9 Å². The number of para-hydroxylation sites is 2. The zero-order valence-electron chi connectivity index (χ0n) is 17.2. The Morgan fingerprint density at radius 2 is 0.900 bits per heavy atom. The van der Waals surface area contributed by atoms with Crippen LogP contribution in [0.2, 0.25) is 0 Å². The molecule has 0 saturated carbocycles. The van der Waals surface area contributed by atoms with Crippen LogP contribution < -0.4 is 10.6 Å². The normalized spacial score (nSPS) is 11.1. The molecule has 158 valence electrons. The van der Waals surface area contributed by atoms with Gasteiger partial charge in [0, 0.05) is 35.6 Å². The topological polar surface area (TPSA) is 48.8 Å². The van der Waals surface area contributed by atoms with Crippen LogP contribution in [-0.4, -0.2) is 24.8 Å². The molecule has 3 aromatic rings. The summed E-state index contributed by atoms with van der Waals surface area (Å²) < 4.78 is 0. The van der Waals surface area contributed by atoms with E-state index >= 15 is 0 Å². The van der Waals surface area contributed by atoms with Crippen molar-refractivity contribution in [1.82, 2.24) is 0 Å². The van der Waals surface area contributed by atoms with Crippen molar-refractivity contribution in [3.8, 4) is 0 Å². The maximum Gasteiger partial charge on any atom is 0.132 e. The van der Waals surface area contributed by atoms with Gasteiger partial charge in [0.15, 0.2) is 0 Å². The first-order valence-electron chi connectivity index (χ1n) is 9.64. The molecular weight excluding hydrogens is 415 g/mol. The number of amidine groups is 2. The van der Waals surface area contributed by atoms with Crippen LogP contribution >= 0.6 is 24.8 Å². The predicted molar refractivity (Wildman–Crippen MR) is 135 cm³/mol. The fraction of sp³-hybridized carbons (Fsp3) is 0.167. The van der Waals surface area contributed by atoms with E-state index in [2.05, 4.69) is 44.9 Å². The van der Waals surface area contributed by atoms with Crippen molar-refractivity contribution in [3.63, 3.8) is 0 Å². The molecular formula is C24H28Cl2N4. The Hall–Kier alpha value is -2.82. The summed E-state index contributed by atoms with van der Waals surface area (Å²) in [4.78, 5) is 9.26. The van der Waals surface area contributed by atoms with E-state index in [1.165, 1.54) is 0 Å². The average Bonchev–Trinajstić information content (AvgIpc) is 2.75. The third-order valence-corrected chi connectivity index (χ3v) is 4.14. The summed E-state index contributed by atoms with van der Waals surface area (Å²) in [6.45, 7) is 5.51. The molecule has 3 rings (SSSR count). The van der Waals surface area contributed by atoms with E-state index in [9.17, 15) is 0 Å². The second kappa shape index (κ2) is 13.4. The van der Waals surface area contributed by atoms with Crippen LogP contribution in [0.5, 0.6) is 0 Å². The number of nitrogens with one attached hydrogen (secondary N) is 2. The Balaban J connectivity index is 0.00000225. The van der Waals surface area contributed by atoms with Gasteiger partial charge in [-0.05, 0) is 38.1 Å². The smallest absolute Gasteiger partial charge is 0.132 e. The molecule has 6 heteroatoms. The number of halogens is 2. The van der Waals surface area contributed by atoms with Gasteiger partial charge in [-0.25, -0.2) is 0 Å². The molecule has 0 heterocycles. The minimum atomic E-state index is 0. The maximum atomic E-state index is 4.63. The first-order valence-corrected chi connectivity index (χ1v) is 9.64. The first kappa shape index (κ1) is 25.2. The van der Waals surface area contributed by atoms with Crippen LogP contribution in [0.25, 0.3) is 0 Å². The molecule has 4 nitrogen and oxygen atoms in total. The van der Waals surface area contributed by atoms with E-state index in [0.29, 0.717) is 0 Å². The fourth-order valence-electron chi connectivity index (χ4n) is 2.82. The van der Waals surface area contributed by atoms with Crippen LogP contribution in [-0.2, 0) is 0 Å². The van der Waals surface area contributed by atoms with Gasteiger partial charge in [0.25, 0.3) is 0 Å². The molecule has 2 N–H and O–H groups in total. The predicted octanol–water partition coefficient (Wildman–Crippen LogP) is 6.29. The molecule has 3 aromatic carbocycles. The quantitative estimate of drug-likeness (QED) is 0.348. The number of hydrogen-bond donors (Lipinski definition) is 2. The Labute approximate surface area is 191 Å². The highest BCUT2D eigenvalue weighted by Crippen LogP contribution is 2.13. The number of rotatable bonds is 6. The molecule has 0 bridgehead atoms. The molecule has 0 aromatic heterocycles. The van der Waals surface area contributed by atoms with Crippen LogP contribution in [0, 0.1) is 0 Å². The lowest BCUT2D eigenvalue weighted by atomic mass is 10.1. The number of benzene rings is 3. The van der Waals surface area contributed by atoms with Crippen molar-refractivity contribution in [2.75, 3.05) is 23.7 Å². The Morgan fingerprint density at radius 3 is 1.20 bits per heavy atom. The van der Waals surface area contributed by atoms with Crippen molar-refractivity contribution in [3.05, 3.63) is 96.1 Å². The van der Waals surface area contributed by atoms with Crippen LogP contribution in [0.4, 0.5) is 11.4 Å². The molecule has 0 aliphatic rings. The minimum Gasteiger partial charge on any atom is -0.340 e. The number of aliphatic imine (C=N–C) groups is 2. The Bertz CT molecular complexity index is 846. The molecule has 0 radical (unpaired) electrons. The third kappa shape index (κ3) is 7.21. The first-order chi connectivity index (χ1) is 13.8. The second-order valence-corrected chi connectivity index (χ2v) is 6.21. The Morgan fingerprint density at radius 1 is 0.567 bits per heavy atom. The largest absolute Gasteiger partial charge is 0.340 e. The highest BCUT2D eigenvalue weighted by Gasteiger charge is 2.07. The standard InChI is InChI=1S/C24H26N4.2ClH/c1-3-25-23(27-21-11-7-5-8-12-21)19-15-17-20(18-16-19)24(26-4-2)28-22-13-9-6-10-14-22;;/h5-18H,3-4H2,1-2H3,(H,25,27)(H,26,28);2*1H. The van der Waals surface area contributed by atoms with Gasteiger partial charge in [-0.1, -0.05) is 60.7 Å². The van der Waals surface area contributed by atoms with Crippen molar-refractivity contribution < 1.29 is 0 Å². The fourth-order valence-corrected chi connectivity index (χ4v) is 2.82. The summed E-state index contributed by atoms with van der Waals surface area (Å²) in [5.41, 5.74) is 4.14. The summed E-state index contributed by atoms with van der Waals surface area (Å²) in [5.74, 6) is 1.73. The van der Waals surface area contributed by atoms with E-state index in [1.807, 2.05) is 74.5 Å². The van der Waals surface area contributed by atoms with Crippen molar-refractivity contribution in [2.45, 2.75) is 13.8 Å². The van der Waals surface area contributed by atoms with Gasteiger partial charge in [-0.15, -0.1) is 24.8 Å². The molecule has 0 aliphatic heterocycles. The van der Waals surface area contributed by atoms with Gasteiger partial charge in [-0.3, -0.25) is 9.98 Å². The van der Waals surface area contributed by atoms with Crippen molar-refractivity contribution in [1.29, 1.82) is 0 Å². The monoisotopic (exact) mass is 442 g/mol. The number of nitrogens with zero attached hydrogens (tertiary/aromatic N) is 2. The van der Waals surface area contributed by atoms with Crippen LogP contribution in [0.3, 0.4) is 0 Å². The van der Waals surface area contributed by atoms with Crippen LogP contribution in [0.1, 0.15) is 25.0 Å². The van der Waals surface area contributed by atoms with E-state index in [-0.39, 0.29) is 24.8 Å². The lowest BCUT2D eigenvalue weighted by molar-refractivity contribution is 1.12. The highest BCUT2D eigenvalue weighted by atomic mass is 35.5. The van der Waals surface area contributed by atoms with Gasteiger partial charge >= 0.3 is 0 Å². The summed E-state index contributed by atoms with van der Waals surface area (Å²) in [7, 11) is 0. The lowest BCUT2D eigenvalue weighted by Crippen LogP contribution is -2.16. The second-order valence-electron chi connectivity index (χ2n) is 6.21. The van der Waals surface area contributed by atoms with Gasteiger partial charge in [0.05, 0.1) is 0 Å². The average molecular weight is 443 g/mol. The lowest BCUT2D eigenvalue weighted by Gasteiger charge is -2.13. The molecule has 0 amide bonds. The van der Waals surface area contributed by atoms with Crippen molar-refractivity contribution >= 4 is 47.9 Å². The minimum absolute atomic E-state index is 0. The molecule has 30 heavy (non-hydrogen) atoms. The van der Waals surface area contributed by atoms with E-state index in [1.54, 1.807) is 0 Å².